The highest BCUT2D eigenvalue weighted by atomic mass is 31.1. The van der Waals surface area contributed by atoms with Gasteiger partial charge in [-0.05, 0) is 77.7 Å². The van der Waals surface area contributed by atoms with Crippen LogP contribution in [-0.2, 0) is 19.4 Å². The predicted octanol–water partition coefficient (Wildman–Crippen LogP) is 5.00. The number of aliphatic hydroxyl groups excluding tert-OH is 1. The van der Waals surface area contributed by atoms with E-state index in [-0.39, 0.29) is 21.0 Å². The Balaban J connectivity index is 1.66. The number of rotatable bonds is 7. The molecule has 4 heteroatoms. The SMILES string of the molecule is OCc1cc(F)ccc1Pc1cc(CC2C=CC=CC2)cc(CC2C=CC=CC2)c1O. The highest BCUT2D eigenvalue weighted by molar-refractivity contribution is 7.55. The van der Waals surface area contributed by atoms with Crippen molar-refractivity contribution in [2.45, 2.75) is 32.3 Å². The zero-order valence-electron chi connectivity index (χ0n) is 17.5. The van der Waals surface area contributed by atoms with Gasteiger partial charge in [0.1, 0.15) is 11.6 Å². The van der Waals surface area contributed by atoms with Crippen LogP contribution in [0.15, 0.2) is 78.9 Å². The lowest BCUT2D eigenvalue weighted by molar-refractivity contribution is 0.282. The number of benzene rings is 2. The molecule has 0 aromatic heterocycles. The summed E-state index contributed by atoms with van der Waals surface area (Å²) in [6.07, 6.45) is 20.8. The van der Waals surface area contributed by atoms with Crippen LogP contribution in [0.1, 0.15) is 29.5 Å². The van der Waals surface area contributed by atoms with Crippen LogP contribution in [0.5, 0.6) is 5.75 Å². The van der Waals surface area contributed by atoms with Gasteiger partial charge in [0.05, 0.1) is 6.61 Å². The third kappa shape index (κ3) is 5.61. The summed E-state index contributed by atoms with van der Waals surface area (Å²) in [6.45, 7) is -0.216. The largest absolute Gasteiger partial charge is 0.507 e. The van der Waals surface area contributed by atoms with Crippen LogP contribution in [0.2, 0.25) is 0 Å². The first-order valence-electron chi connectivity index (χ1n) is 10.8. The Morgan fingerprint density at radius 2 is 1.55 bits per heavy atom. The molecule has 2 aliphatic carbocycles. The van der Waals surface area contributed by atoms with Gasteiger partial charge in [-0.15, -0.1) is 0 Å². The lowest BCUT2D eigenvalue weighted by Crippen LogP contribution is -2.14. The van der Waals surface area contributed by atoms with Crippen LogP contribution in [-0.4, -0.2) is 10.2 Å². The summed E-state index contributed by atoms with van der Waals surface area (Å²) in [5, 5.41) is 22.5. The number of hydrogen-bond acceptors (Lipinski definition) is 2. The van der Waals surface area contributed by atoms with Crippen molar-refractivity contribution in [3.05, 3.63) is 101 Å². The Labute approximate surface area is 185 Å². The Morgan fingerprint density at radius 3 is 2.19 bits per heavy atom. The molecule has 0 heterocycles. The van der Waals surface area contributed by atoms with Crippen molar-refractivity contribution in [2.24, 2.45) is 11.8 Å². The molecular weight excluding hydrogens is 406 g/mol. The minimum atomic E-state index is -0.356. The molecule has 3 atom stereocenters. The summed E-state index contributed by atoms with van der Waals surface area (Å²) in [4.78, 5) is 0. The lowest BCUT2D eigenvalue weighted by atomic mass is 9.89. The minimum absolute atomic E-state index is 0.154. The molecule has 0 amide bonds. The van der Waals surface area contributed by atoms with Crippen LogP contribution < -0.4 is 10.6 Å². The molecule has 2 N–H and O–H groups in total. The number of allylic oxidation sites excluding steroid dienone is 8. The van der Waals surface area contributed by atoms with E-state index in [1.165, 1.54) is 17.7 Å². The van der Waals surface area contributed by atoms with Crippen LogP contribution >= 0.6 is 8.58 Å². The number of phenols is 1. The van der Waals surface area contributed by atoms with E-state index in [9.17, 15) is 14.6 Å². The Bertz CT molecular complexity index is 1050. The van der Waals surface area contributed by atoms with Crippen LogP contribution in [0, 0.1) is 17.7 Å². The van der Waals surface area contributed by atoms with Crippen LogP contribution in [0.4, 0.5) is 4.39 Å². The highest BCUT2D eigenvalue weighted by Gasteiger charge is 2.17. The Hall–Kier alpha value is -2.48. The molecule has 3 unspecified atom stereocenters. The summed E-state index contributed by atoms with van der Waals surface area (Å²) in [6, 6.07) is 8.75. The zero-order chi connectivity index (χ0) is 21.6. The van der Waals surface area contributed by atoms with Gasteiger partial charge in [0.15, 0.2) is 0 Å². The molecule has 0 bridgehead atoms. The molecular formula is C27H28FO2P. The fraction of sp³-hybridized carbons (Fsp3) is 0.259. The second-order valence-corrected chi connectivity index (χ2v) is 9.59. The average molecular weight is 434 g/mol. The number of hydrogen-bond donors (Lipinski definition) is 2. The Morgan fingerprint density at radius 1 is 0.839 bits per heavy atom. The molecule has 2 aromatic rings. The predicted molar refractivity (Wildman–Crippen MR) is 128 cm³/mol. The first-order valence-corrected chi connectivity index (χ1v) is 11.8. The van der Waals surface area contributed by atoms with E-state index in [2.05, 4.69) is 60.7 Å². The maximum atomic E-state index is 13.6. The van der Waals surface area contributed by atoms with Crippen molar-refractivity contribution in [1.29, 1.82) is 0 Å². The third-order valence-electron chi connectivity index (χ3n) is 5.87. The number of phenolic OH excluding ortho intramolecular Hbond substituents is 1. The van der Waals surface area contributed by atoms with Crippen molar-refractivity contribution in [1.82, 2.24) is 0 Å². The summed E-state index contributed by atoms with van der Waals surface area (Å²) in [5.74, 6) is 0.802. The van der Waals surface area contributed by atoms with E-state index < -0.39 is 0 Å². The van der Waals surface area contributed by atoms with Gasteiger partial charge in [-0.3, -0.25) is 0 Å². The van der Waals surface area contributed by atoms with Crippen LogP contribution in [0.25, 0.3) is 0 Å². The molecule has 0 fully saturated rings. The van der Waals surface area contributed by atoms with E-state index >= 15 is 0 Å². The monoisotopic (exact) mass is 434 g/mol. The van der Waals surface area contributed by atoms with Crippen molar-refractivity contribution in [3.63, 3.8) is 0 Å². The van der Waals surface area contributed by atoms with Gasteiger partial charge < -0.3 is 10.2 Å². The maximum absolute atomic E-state index is 13.6. The summed E-state index contributed by atoms with van der Waals surface area (Å²) in [7, 11) is 0.154. The summed E-state index contributed by atoms with van der Waals surface area (Å²) < 4.78 is 13.6. The lowest BCUT2D eigenvalue weighted by Gasteiger charge is -2.20. The van der Waals surface area contributed by atoms with E-state index in [1.54, 1.807) is 6.07 Å². The van der Waals surface area contributed by atoms with E-state index in [0.29, 0.717) is 23.1 Å². The van der Waals surface area contributed by atoms with E-state index in [0.717, 1.165) is 41.9 Å². The van der Waals surface area contributed by atoms with Crippen LogP contribution in [0.3, 0.4) is 0 Å². The van der Waals surface area contributed by atoms with Crippen molar-refractivity contribution in [3.8, 4) is 5.75 Å². The molecule has 2 aromatic carbocycles. The molecule has 31 heavy (non-hydrogen) atoms. The molecule has 0 saturated carbocycles. The third-order valence-corrected chi connectivity index (χ3v) is 7.28. The quantitative estimate of drug-likeness (QED) is 0.602. The first kappa shape index (κ1) is 21.7. The summed E-state index contributed by atoms with van der Waals surface area (Å²) >= 11 is 0. The smallest absolute Gasteiger partial charge is 0.126 e. The van der Waals surface area contributed by atoms with E-state index in [4.69, 9.17) is 0 Å². The highest BCUT2D eigenvalue weighted by Crippen LogP contribution is 2.30. The van der Waals surface area contributed by atoms with Crippen molar-refractivity contribution >= 4 is 19.2 Å². The molecule has 2 nitrogen and oxygen atoms in total. The van der Waals surface area contributed by atoms with Gasteiger partial charge in [0.25, 0.3) is 0 Å². The standard InChI is InChI=1S/C27H28FO2P/c28-24-11-12-25(23(17-24)18-29)31-26-16-21(13-19-7-3-1-4-8-19)15-22(27(26)30)14-20-9-5-2-6-10-20/h1-7,9,11-12,15-17,19-20,29-31H,8,10,13-14,18H2. The van der Waals surface area contributed by atoms with Gasteiger partial charge in [-0.25, -0.2) is 4.39 Å². The fourth-order valence-corrected chi connectivity index (χ4v) is 5.55. The molecule has 0 spiro atoms. The zero-order valence-corrected chi connectivity index (χ0v) is 18.5. The van der Waals surface area contributed by atoms with Gasteiger partial charge in [-0.2, -0.15) is 0 Å². The molecule has 2 aliphatic rings. The fourth-order valence-electron chi connectivity index (χ4n) is 4.24. The molecule has 160 valence electrons. The molecule has 4 rings (SSSR count). The van der Waals surface area contributed by atoms with Gasteiger partial charge in [0.2, 0.25) is 0 Å². The van der Waals surface area contributed by atoms with Gasteiger partial charge in [0, 0.05) is 5.30 Å². The second kappa shape index (κ2) is 10.2. The molecule has 0 aliphatic heterocycles. The Kier molecular flexibility index (Phi) is 7.17. The normalized spacial score (nSPS) is 20.2. The molecule has 0 saturated heterocycles. The number of halogens is 1. The maximum Gasteiger partial charge on any atom is 0.126 e. The average Bonchev–Trinajstić information content (AvgIpc) is 2.79. The topological polar surface area (TPSA) is 40.5 Å². The van der Waals surface area contributed by atoms with E-state index in [1.807, 2.05) is 0 Å². The van der Waals surface area contributed by atoms with Gasteiger partial charge >= 0.3 is 0 Å². The first-order chi connectivity index (χ1) is 15.1. The second-order valence-electron chi connectivity index (χ2n) is 8.26. The number of aromatic hydroxyl groups is 1. The molecule has 0 radical (unpaired) electrons. The van der Waals surface area contributed by atoms with Crippen molar-refractivity contribution in [2.75, 3.05) is 0 Å². The van der Waals surface area contributed by atoms with Gasteiger partial charge in [-0.1, -0.05) is 69.3 Å². The summed E-state index contributed by atoms with van der Waals surface area (Å²) in [5.41, 5.74) is 2.75. The number of aliphatic hydroxyl groups is 1. The minimum Gasteiger partial charge on any atom is -0.507 e. The van der Waals surface area contributed by atoms with Crippen molar-refractivity contribution < 1.29 is 14.6 Å².